The van der Waals surface area contributed by atoms with E-state index in [4.69, 9.17) is 0 Å². The van der Waals surface area contributed by atoms with E-state index in [1.807, 2.05) is 18.2 Å². The Kier molecular flexibility index (Phi) is 2.94. The van der Waals surface area contributed by atoms with Crippen molar-refractivity contribution in [3.63, 3.8) is 0 Å². The molecule has 0 radical (unpaired) electrons. The Balaban J connectivity index is 1.71. The van der Waals surface area contributed by atoms with Crippen LogP contribution in [0, 0.1) is 0 Å². The molecule has 112 valence electrons. The van der Waals surface area contributed by atoms with Crippen LogP contribution in [0.25, 0.3) is 16.5 Å². The van der Waals surface area contributed by atoms with E-state index in [-0.39, 0.29) is 5.91 Å². The number of anilines is 1. The first-order chi connectivity index (χ1) is 11.2. The van der Waals surface area contributed by atoms with E-state index in [0.29, 0.717) is 16.7 Å². The van der Waals surface area contributed by atoms with E-state index in [2.05, 4.69) is 20.8 Å². The molecule has 0 bridgehead atoms. The second kappa shape index (κ2) is 5.10. The molecule has 23 heavy (non-hydrogen) atoms. The molecule has 6 nitrogen and oxygen atoms in total. The topological polar surface area (TPSA) is 86.9 Å². The second-order valence-corrected chi connectivity index (χ2v) is 5.20. The van der Waals surface area contributed by atoms with E-state index in [1.165, 1.54) is 0 Å². The number of H-pyrrole nitrogens is 1. The van der Waals surface area contributed by atoms with Crippen molar-refractivity contribution in [1.29, 1.82) is 0 Å². The Morgan fingerprint density at radius 2 is 1.83 bits per heavy atom. The molecule has 0 aliphatic carbocycles. The minimum absolute atomic E-state index is 0.373. The van der Waals surface area contributed by atoms with Crippen molar-refractivity contribution in [2.24, 2.45) is 0 Å². The van der Waals surface area contributed by atoms with Gasteiger partial charge in [0.25, 0.3) is 11.8 Å². The summed E-state index contributed by atoms with van der Waals surface area (Å²) in [6.45, 7) is 0. The SMILES string of the molecule is O=C1NC(=O)c2ccccc2/C1=C/Nc1ccc2cn[nH]c2c1. The summed E-state index contributed by atoms with van der Waals surface area (Å²) in [4.78, 5) is 23.9. The van der Waals surface area contributed by atoms with Gasteiger partial charge in [-0.3, -0.25) is 20.0 Å². The third kappa shape index (κ3) is 2.26. The number of hydrogen-bond acceptors (Lipinski definition) is 4. The summed E-state index contributed by atoms with van der Waals surface area (Å²) in [5.74, 6) is -0.787. The highest BCUT2D eigenvalue weighted by Crippen LogP contribution is 2.24. The predicted molar refractivity (Wildman–Crippen MR) is 86.6 cm³/mol. The Morgan fingerprint density at radius 1 is 1.00 bits per heavy atom. The van der Waals surface area contributed by atoms with Crippen molar-refractivity contribution in [2.75, 3.05) is 5.32 Å². The summed E-state index contributed by atoms with van der Waals surface area (Å²) < 4.78 is 0. The molecule has 1 aliphatic rings. The van der Waals surface area contributed by atoms with E-state index in [1.54, 1.807) is 36.7 Å². The van der Waals surface area contributed by atoms with Crippen LogP contribution in [0.3, 0.4) is 0 Å². The van der Waals surface area contributed by atoms with Crippen LogP contribution in [0.4, 0.5) is 5.69 Å². The molecule has 2 aromatic carbocycles. The number of carbonyl (C=O) groups is 2. The van der Waals surface area contributed by atoms with Gasteiger partial charge in [-0.15, -0.1) is 0 Å². The van der Waals surface area contributed by atoms with E-state index >= 15 is 0 Å². The molecule has 0 spiro atoms. The fourth-order valence-electron chi connectivity index (χ4n) is 2.60. The van der Waals surface area contributed by atoms with Gasteiger partial charge < -0.3 is 5.32 Å². The maximum atomic E-state index is 12.1. The number of aromatic amines is 1. The first kappa shape index (κ1) is 13.3. The number of aromatic nitrogens is 2. The smallest absolute Gasteiger partial charge is 0.260 e. The van der Waals surface area contributed by atoms with Gasteiger partial charge in [-0.1, -0.05) is 18.2 Å². The number of nitrogens with one attached hydrogen (secondary N) is 3. The minimum atomic E-state index is -0.413. The summed E-state index contributed by atoms with van der Waals surface area (Å²) in [6.07, 6.45) is 3.35. The summed E-state index contributed by atoms with van der Waals surface area (Å²) in [5, 5.41) is 13.3. The van der Waals surface area contributed by atoms with Crippen LogP contribution in [-0.2, 0) is 4.79 Å². The second-order valence-electron chi connectivity index (χ2n) is 5.20. The standard InChI is InChI=1S/C17H12N4O2/c22-16-13-4-2-1-3-12(13)14(17(23)20-16)9-18-11-6-5-10-8-19-21-15(10)7-11/h1-9,18H,(H,19,21)(H,20,22,23)/b14-9-. The van der Waals surface area contributed by atoms with Crippen molar-refractivity contribution in [1.82, 2.24) is 15.5 Å². The van der Waals surface area contributed by atoms with Crippen LogP contribution in [0.5, 0.6) is 0 Å². The molecule has 2 heterocycles. The highest BCUT2D eigenvalue weighted by Gasteiger charge is 2.26. The molecule has 0 unspecified atom stereocenters. The maximum absolute atomic E-state index is 12.1. The van der Waals surface area contributed by atoms with Gasteiger partial charge in [0.1, 0.15) is 0 Å². The van der Waals surface area contributed by atoms with Gasteiger partial charge in [-0.25, -0.2) is 0 Å². The van der Waals surface area contributed by atoms with E-state index in [0.717, 1.165) is 16.6 Å². The van der Waals surface area contributed by atoms with Crippen LogP contribution >= 0.6 is 0 Å². The van der Waals surface area contributed by atoms with Crippen LogP contribution in [-0.4, -0.2) is 22.0 Å². The van der Waals surface area contributed by atoms with Gasteiger partial charge in [-0.2, -0.15) is 5.10 Å². The van der Waals surface area contributed by atoms with Gasteiger partial charge in [0.2, 0.25) is 0 Å². The average Bonchev–Trinajstić information content (AvgIpc) is 3.02. The molecule has 0 fully saturated rings. The zero-order chi connectivity index (χ0) is 15.8. The Morgan fingerprint density at radius 3 is 2.70 bits per heavy atom. The summed E-state index contributed by atoms with van der Waals surface area (Å²) in [7, 11) is 0. The minimum Gasteiger partial charge on any atom is -0.361 e. The van der Waals surface area contributed by atoms with Crippen molar-refractivity contribution >= 4 is 34.0 Å². The molecular formula is C17H12N4O2. The number of nitrogens with zero attached hydrogens (tertiary/aromatic N) is 1. The number of imide groups is 1. The zero-order valence-electron chi connectivity index (χ0n) is 12.0. The zero-order valence-corrected chi connectivity index (χ0v) is 12.0. The van der Waals surface area contributed by atoms with Gasteiger partial charge in [0.05, 0.1) is 17.3 Å². The number of hydrogen-bond donors (Lipinski definition) is 3. The third-order valence-electron chi connectivity index (χ3n) is 3.76. The average molecular weight is 304 g/mol. The summed E-state index contributed by atoms with van der Waals surface area (Å²) >= 11 is 0. The van der Waals surface area contributed by atoms with Gasteiger partial charge in [-0.05, 0) is 24.3 Å². The van der Waals surface area contributed by atoms with E-state index in [9.17, 15) is 9.59 Å². The maximum Gasteiger partial charge on any atom is 0.260 e. The lowest BCUT2D eigenvalue weighted by Crippen LogP contribution is -2.36. The summed E-state index contributed by atoms with van der Waals surface area (Å²) in [5.41, 5.74) is 3.25. The highest BCUT2D eigenvalue weighted by atomic mass is 16.2. The molecule has 1 aromatic heterocycles. The fraction of sp³-hybridized carbons (Fsp3) is 0. The van der Waals surface area contributed by atoms with Crippen LogP contribution in [0.2, 0.25) is 0 Å². The number of fused-ring (bicyclic) bond motifs is 2. The van der Waals surface area contributed by atoms with Gasteiger partial charge in [0.15, 0.2) is 0 Å². The highest BCUT2D eigenvalue weighted by molar-refractivity contribution is 6.31. The molecule has 0 saturated heterocycles. The molecule has 1 aliphatic heterocycles. The van der Waals surface area contributed by atoms with Crippen LogP contribution in [0.1, 0.15) is 15.9 Å². The molecule has 3 aromatic rings. The van der Waals surface area contributed by atoms with Crippen molar-refractivity contribution in [2.45, 2.75) is 0 Å². The van der Waals surface area contributed by atoms with Crippen molar-refractivity contribution in [3.05, 3.63) is 66.0 Å². The lowest BCUT2D eigenvalue weighted by Gasteiger charge is -2.18. The molecule has 0 atom stereocenters. The van der Waals surface area contributed by atoms with E-state index < -0.39 is 5.91 Å². The molecule has 3 N–H and O–H groups in total. The lowest BCUT2D eigenvalue weighted by molar-refractivity contribution is -0.114. The largest absolute Gasteiger partial charge is 0.361 e. The summed E-state index contributed by atoms with van der Waals surface area (Å²) in [6, 6.07) is 12.8. The van der Waals surface area contributed by atoms with Crippen LogP contribution < -0.4 is 10.6 Å². The third-order valence-corrected chi connectivity index (χ3v) is 3.76. The first-order valence-electron chi connectivity index (χ1n) is 7.07. The Labute approximate surface area is 131 Å². The lowest BCUT2D eigenvalue weighted by atomic mass is 9.96. The predicted octanol–water partition coefficient (Wildman–Crippen LogP) is 2.29. The number of benzene rings is 2. The van der Waals surface area contributed by atoms with Gasteiger partial charge >= 0.3 is 0 Å². The van der Waals surface area contributed by atoms with Crippen molar-refractivity contribution < 1.29 is 9.59 Å². The first-order valence-corrected chi connectivity index (χ1v) is 7.07. The van der Waals surface area contributed by atoms with Crippen molar-refractivity contribution in [3.8, 4) is 0 Å². The molecule has 2 amide bonds. The Hall–Kier alpha value is -3.41. The number of carbonyl (C=O) groups excluding carboxylic acids is 2. The monoisotopic (exact) mass is 304 g/mol. The number of amides is 2. The quantitative estimate of drug-likeness (QED) is 0.501. The molecular weight excluding hydrogens is 292 g/mol. The number of rotatable bonds is 2. The van der Waals surface area contributed by atoms with Crippen LogP contribution in [0.15, 0.2) is 54.9 Å². The Bertz CT molecular complexity index is 971. The molecule has 6 heteroatoms. The molecule has 4 rings (SSSR count). The van der Waals surface area contributed by atoms with Gasteiger partial charge in [0, 0.05) is 28.4 Å². The normalized spacial score (nSPS) is 15.6. The molecule has 0 saturated carbocycles. The fourth-order valence-corrected chi connectivity index (χ4v) is 2.60.